The first-order chi connectivity index (χ1) is 12.1. The van der Waals surface area contributed by atoms with E-state index in [2.05, 4.69) is 5.32 Å². The van der Waals surface area contributed by atoms with Crippen LogP contribution in [-0.2, 0) is 16.1 Å². The Morgan fingerprint density at radius 2 is 2.00 bits per heavy atom. The molecule has 2 aromatic rings. The normalized spacial score (nSPS) is 14.6. The number of rotatable bonds is 7. The maximum atomic E-state index is 12.6. The van der Waals surface area contributed by atoms with Gasteiger partial charge in [0.05, 0.1) is 12.3 Å². The lowest BCUT2D eigenvalue weighted by molar-refractivity contribution is -0.133. The van der Waals surface area contributed by atoms with Crippen molar-refractivity contribution in [3.05, 3.63) is 60.1 Å². The van der Waals surface area contributed by atoms with Crippen molar-refractivity contribution >= 4 is 12.0 Å². The van der Waals surface area contributed by atoms with Gasteiger partial charge in [0.15, 0.2) is 0 Å². The molecule has 1 aromatic carbocycles. The van der Waals surface area contributed by atoms with Crippen LogP contribution in [0, 0.1) is 0 Å². The topological polar surface area (TPSA) is 71.8 Å². The molecule has 1 saturated carbocycles. The number of alkyl carbamates (subject to hydrolysis) is 1. The molecule has 0 saturated heterocycles. The second-order valence-electron chi connectivity index (χ2n) is 6.14. The van der Waals surface area contributed by atoms with Crippen molar-refractivity contribution in [2.45, 2.75) is 38.5 Å². The van der Waals surface area contributed by atoms with Crippen molar-refractivity contribution in [1.29, 1.82) is 0 Å². The zero-order chi connectivity index (χ0) is 17.6. The molecule has 1 fully saturated rings. The first kappa shape index (κ1) is 17.1. The Hall–Kier alpha value is -2.76. The number of hydrogen-bond acceptors (Lipinski definition) is 4. The Balaban J connectivity index is 1.49. The van der Waals surface area contributed by atoms with Crippen LogP contribution < -0.4 is 5.32 Å². The van der Waals surface area contributed by atoms with Crippen LogP contribution in [-0.4, -0.2) is 29.5 Å². The van der Waals surface area contributed by atoms with Gasteiger partial charge >= 0.3 is 6.09 Å². The second-order valence-corrected chi connectivity index (χ2v) is 6.14. The summed E-state index contributed by atoms with van der Waals surface area (Å²) in [4.78, 5) is 26.1. The molecule has 1 atom stereocenters. The lowest BCUT2D eigenvalue weighted by atomic mass is 10.2. The van der Waals surface area contributed by atoms with E-state index in [1.807, 2.05) is 43.3 Å². The zero-order valence-electron chi connectivity index (χ0n) is 14.2. The maximum absolute atomic E-state index is 12.6. The largest absolute Gasteiger partial charge is 0.467 e. The molecule has 0 aliphatic heterocycles. The van der Waals surface area contributed by atoms with Gasteiger partial charge in [-0.25, -0.2) is 4.79 Å². The Bertz CT molecular complexity index is 695. The second kappa shape index (κ2) is 7.88. The molecule has 1 aliphatic rings. The minimum absolute atomic E-state index is 0.0881. The van der Waals surface area contributed by atoms with Gasteiger partial charge in [-0.2, -0.15) is 0 Å². The van der Waals surface area contributed by atoms with Crippen LogP contribution >= 0.6 is 0 Å². The molecule has 132 valence electrons. The Morgan fingerprint density at radius 3 is 2.64 bits per heavy atom. The fourth-order valence-corrected chi connectivity index (χ4v) is 2.77. The van der Waals surface area contributed by atoms with Gasteiger partial charge in [0.1, 0.15) is 18.9 Å². The van der Waals surface area contributed by atoms with Gasteiger partial charge in [-0.1, -0.05) is 30.3 Å². The minimum atomic E-state index is -0.599. The standard InChI is InChI=1S/C19H22N2O4/c1-14(17-8-5-11-24-17)21(16-9-10-16)18(22)12-20-19(23)25-13-15-6-3-2-4-7-15/h2-8,11,14,16H,9-10,12-13H2,1H3,(H,20,23)/t14-/m1/s1. The third-order valence-electron chi connectivity index (χ3n) is 4.20. The average molecular weight is 342 g/mol. The molecule has 25 heavy (non-hydrogen) atoms. The quantitative estimate of drug-likeness (QED) is 0.838. The SMILES string of the molecule is C[C@H](c1ccco1)N(C(=O)CNC(=O)OCc1ccccc1)C1CC1. The summed E-state index contributed by atoms with van der Waals surface area (Å²) in [5.74, 6) is 0.606. The van der Waals surface area contributed by atoms with E-state index in [-0.39, 0.29) is 31.1 Å². The number of hydrogen-bond donors (Lipinski definition) is 1. The number of carbonyl (C=O) groups excluding carboxylic acids is 2. The summed E-state index contributed by atoms with van der Waals surface area (Å²) in [5, 5.41) is 2.53. The van der Waals surface area contributed by atoms with Crippen molar-refractivity contribution in [3.8, 4) is 0 Å². The van der Waals surface area contributed by atoms with Crippen molar-refractivity contribution < 1.29 is 18.7 Å². The summed E-state index contributed by atoms with van der Waals surface area (Å²) in [5.41, 5.74) is 0.898. The van der Waals surface area contributed by atoms with E-state index in [1.165, 1.54) is 0 Å². The van der Waals surface area contributed by atoms with E-state index >= 15 is 0 Å². The fraction of sp³-hybridized carbons (Fsp3) is 0.368. The highest BCUT2D eigenvalue weighted by Gasteiger charge is 2.37. The molecule has 0 bridgehead atoms. The van der Waals surface area contributed by atoms with Gasteiger partial charge < -0.3 is 19.4 Å². The van der Waals surface area contributed by atoms with Gasteiger partial charge in [-0.05, 0) is 37.5 Å². The molecule has 2 amide bonds. The highest BCUT2D eigenvalue weighted by molar-refractivity contribution is 5.83. The van der Waals surface area contributed by atoms with E-state index < -0.39 is 6.09 Å². The summed E-state index contributed by atoms with van der Waals surface area (Å²) < 4.78 is 10.5. The highest BCUT2D eigenvalue weighted by atomic mass is 16.5. The van der Waals surface area contributed by atoms with E-state index in [0.717, 1.165) is 24.2 Å². The highest BCUT2D eigenvalue weighted by Crippen LogP contribution is 2.34. The van der Waals surface area contributed by atoms with Gasteiger partial charge in [0.2, 0.25) is 5.91 Å². The monoisotopic (exact) mass is 342 g/mol. The molecule has 1 heterocycles. The molecule has 0 radical (unpaired) electrons. The number of furan rings is 1. The fourth-order valence-electron chi connectivity index (χ4n) is 2.77. The van der Waals surface area contributed by atoms with Gasteiger partial charge in [0.25, 0.3) is 0 Å². The lowest BCUT2D eigenvalue weighted by Crippen LogP contribution is -2.42. The predicted molar refractivity (Wildman–Crippen MR) is 91.6 cm³/mol. The summed E-state index contributed by atoms with van der Waals surface area (Å²) in [6.45, 7) is 2.02. The molecule has 1 aromatic heterocycles. The number of carbonyl (C=O) groups is 2. The van der Waals surface area contributed by atoms with Crippen molar-refractivity contribution in [2.75, 3.05) is 6.54 Å². The van der Waals surface area contributed by atoms with Gasteiger partial charge in [0, 0.05) is 6.04 Å². The molecule has 6 heteroatoms. The number of benzene rings is 1. The molecule has 1 N–H and O–H groups in total. The Morgan fingerprint density at radius 1 is 1.24 bits per heavy atom. The summed E-state index contributed by atoms with van der Waals surface area (Å²) in [7, 11) is 0. The number of ether oxygens (including phenoxy) is 1. The minimum Gasteiger partial charge on any atom is -0.467 e. The molecule has 3 rings (SSSR count). The van der Waals surface area contributed by atoms with Crippen LogP contribution in [0.5, 0.6) is 0 Å². The predicted octanol–water partition coefficient (Wildman–Crippen LogP) is 3.26. The van der Waals surface area contributed by atoms with E-state index in [1.54, 1.807) is 17.2 Å². The molecular formula is C19H22N2O4. The van der Waals surface area contributed by atoms with Crippen LogP contribution in [0.15, 0.2) is 53.1 Å². The molecular weight excluding hydrogens is 320 g/mol. The molecule has 1 aliphatic carbocycles. The van der Waals surface area contributed by atoms with Crippen LogP contribution in [0.1, 0.15) is 37.1 Å². The van der Waals surface area contributed by atoms with Crippen LogP contribution in [0.25, 0.3) is 0 Å². The zero-order valence-corrected chi connectivity index (χ0v) is 14.2. The molecule has 6 nitrogen and oxygen atoms in total. The molecule has 0 spiro atoms. The molecule has 0 unspecified atom stereocenters. The first-order valence-electron chi connectivity index (χ1n) is 8.44. The smallest absolute Gasteiger partial charge is 0.407 e. The Labute approximate surface area is 146 Å². The van der Waals surface area contributed by atoms with Crippen LogP contribution in [0.2, 0.25) is 0 Å². The number of nitrogens with one attached hydrogen (secondary N) is 1. The Kier molecular flexibility index (Phi) is 5.38. The number of amides is 2. The average Bonchev–Trinajstić information content (AvgIpc) is 3.30. The maximum Gasteiger partial charge on any atom is 0.407 e. The van der Waals surface area contributed by atoms with Gasteiger partial charge in [-0.3, -0.25) is 4.79 Å². The number of nitrogens with zero attached hydrogens (tertiary/aromatic N) is 1. The summed E-state index contributed by atoms with van der Waals surface area (Å²) in [6.07, 6.45) is 2.96. The summed E-state index contributed by atoms with van der Waals surface area (Å²) in [6, 6.07) is 13.1. The van der Waals surface area contributed by atoms with Crippen LogP contribution in [0.4, 0.5) is 4.79 Å². The van der Waals surface area contributed by atoms with E-state index in [0.29, 0.717) is 0 Å². The third-order valence-corrected chi connectivity index (χ3v) is 4.20. The lowest BCUT2D eigenvalue weighted by Gasteiger charge is -2.28. The summed E-state index contributed by atoms with van der Waals surface area (Å²) >= 11 is 0. The van der Waals surface area contributed by atoms with Crippen molar-refractivity contribution in [1.82, 2.24) is 10.2 Å². The van der Waals surface area contributed by atoms with Crippen molar-refractivity contribution in [2.24, 2.45) is 0 Å². The first-order valence-corrected chi connectivity index (χ1v) is 8.44. The van der Waals surface area contributed by atoms with Gasteiger partial charge in [-0.15, -0.1) is 0 Å². The van der Waals surface area contributed by atoms with E-state index in [9.17, 15) is 9.59 Å². The van der Waals surface area contributed by atoms with Crippen LogP contribution in [0.3, 0.4) is 0 Å². The van der Waals surface area contributed by atoms with Crippen molar-refractivity contribution in [3.63, 3.8) is 0 Å². The van der Waals surface area contributed by atoms with E-state index in [4.69, 9.17) is 9.15 Å². The third kappa shape index (κ3) is 4.62.